The van der Waals surface area contributed by atoms with E-state index in [-0.39, 0.29) is 30.3 Å². The SMILES string of the molecule is CC(CC(=O)O)c1ccc(NC(=O)C2OCCC2C)cc1. The summed E-state index contributed by atoms with van der Waals surface area (Å²) in [5, 5.41) is 11.6. The van der Waals surface area contributed by atoms with E-state index in [2.05, 4.69) is 5.32 Å². The minimum atomic E-state index is -0.813. The summed E-state index contributed by atoms with van der Waals surface area (Å²) in [6.45, 7) is 4.51. The third-order valence-corrected chi connectivity index (χ3v) is 3.87. The van der Waals surface area contributed by atoms with Crippen LogP contribution in [0.2, 0.25) is 0 Å². The first-order chi connectivity index (χ1) is 9.97. The Morgan fingerprint density at radius 1 is 1.38 bits per heavy atom. The van der Waals surface area contributed by atoms with Gasteiger partial charge in [0.05, 0.1) is 6.42 Å². The number of hydrogen-bond acceptors (Lipinski definition) is 3. The summed E-state index contributed by atoms with van der Waals surface area (Å²) >= 11 is 0. The number of aliphatic carboxylic acids is 1. The molecule has 1 fully saturated rings. The lowest BCUT2D eigenvalue weighted by atomic mass is 9.97. The second-order valence-corrected chi connectivity index (χ2v) is 5.67. The Balaban J connectivity index is 1.96. The molecule has 1 heterocycles. The lowest BCUT2D eigenvalue weighted by Gasteiger charge is -2.15. The Kier molecular flexibility index (Phi) is 4.96. The molecule has 2 rings (SSSR count). The number of carboxylic acids is 1. The molecule has 3 unspecified atom stereocenters. The highest BCUT2D eigenvalue weighted by Gasteiger charge is 2.30. The molecule has 21 heavy (non-hydrogen) atoms. The van der Waals surface area contributed by atoms with Crippen LogP contribution in [0.4, 0.5) is 5.69 Å². The van der Waals surface area contributed by atoms with Crippen molar-refractivity contribution in [2.24, 2.45) is 5.92 Å². The summed E-state index contributed by atoms with van der Waals surface area (Å²) in [6, 6.07) is 7.29. The van der Waals surface area contributed by atoms with Crippen LogP contribution in [-0.2, 0) is 14.3 Å². The fourth-order valence-corrected chi connectivity index (χ4v) is 2.52. The highest BCUT2D eigenvalue weighted by molar-refractivity contribution is 5.94. The minimum absolute atomic E-state index is 0.0505. The second-order valence-electron chi connectivity index (χ2n) is 5.67. The van der Waals surface area contributed by atoms with Crippen molar-refractivity contribution < 1.29 is 19.4 Å². The topological polar surface area (TPSA) is 75.6 Å². The first kappa shape index (κ1) is 15.5. The van der Waals surface area contributed by atoms with Gasteiger partial charge < -0.3 is 15.2 Å². The summed E-state index contributed by atoms with van der Waals surface area (Å²) in [7, 11) is 0. The van der Waals surface area contributed by atoms with E-state index in [0.717, 1.165) is 12.0 Å². The Morgan fingerprint density at radius 2 is 2.05 bits per heavy atom. The smallest absolute Gasteiger partial charge is 0.303 e. The van der Waals surface area contributed by atoms with E-state index >= 15 is 0 Å². The average Bonchev–Trinajstić information content (AvgIpc) is 2.85. The predicted molar refractivity (Wildman–Crippen MR) is 79.3 cm³/mol. The number of benzene rings is 1. The lowest BCUT2D eigenvalue weighted by molar-refractivity contribution is -0.137. The van der Waals surface area contributed by atoms with Gasteiger partial charge in [0.2, 0.25) is 0 Å². The van der Waals surface area contributed by atoms with E-state index in [1.807, 2.05) is 26.0 Å². The minimum Gasteiger partial charge on any atom is -0.481 e. The van der Waals surface area contributed by atoms with E-state index < -0.39 is 5.97 Å². The number of anilines is 1. The van der Waals surface area contributed by atoms with Gasteiger partial charge in [0.1, 0.15) is 6.10 Å². The van der Waals surface area contributed by atoms with Crippen LogP contribution < -0.4 is 5.32 Å². The van der Waals surface area contributed by atoms with Crippen LogP contribution >= 0.6 is 0 Å². The number of amides is 1. The normalized spacial score (nSPS) is 22.8. The summed E-state index contributed by atoms with van der Waals surface area (Å²) < 4.78 is 5.43. The van der Waals surface area contributed by atoms with E-state index in [0.29, 0.717) is 12.3 Å². The summed E-state index contributed by atoms with van der Waals surface area (Å²) in [5.41, 5.74) is 1.65. The molecule has 5 heteroatoms. The van der Waals surface area contributed by atoms with Crippen molar-refractivity contribution in [3.05, 3.63) is 29.8 Å². The van der Waals surface area contributed by atoms with Gasteiger partial charge in [-0.1, -0.05) is 26.0 Å². The van der Waals surface area contributed by atoms with Crippen molar-refractivity contribution in [2.45, 2.75) is 38.7 Å². The molecule has 1 amide bonds. The molecule has 0 aromatic heterocycles. The molecule has 1 aliphatic heterocycles. The Morgan fingerprint density at radius 3 is 2.57 bits per heavy atom. The number of carbonyl (C=O) groups excluding carboxylic acids is 1. The highest BCUT2D eigenvalue weighted by atomic mass is 16.5. The lowest BCUT2D eigenvalue weighted by Crippen LogP contribution is -2.31. The number of ether oxygens (including phenoxy) is 1. The number of nitrogens with one attached hydrogen (secondary N) is 1. The van der Waals surface area contributed by atoms with E-state index in [4.69, 9.17) is 9.84 Å². The maximum atomic E-state index is 12.1. The molecule has 1 aromatic rings. The zero-order valence-electron chi connectivity index (χ0n) is 12.3. The molecule has 3 atom stereocenters. The van der Waals surface area contributed by atoms with Crippen LogP contribution in [0.25, 0.3) is 0 Å². The standard InChI is InChI=1S/C16H21NO4/c1-10-7-8-21-15(10)16(20)17-13-5-3-12(4-6-13)11(2)9-14(18)19/h3-6,10-11,15H,7-9H2,1-2H3,(H,17,20)(H,18,19). The highest BCUT2D eigenvalue weighted by Crippen LogP contribution is 2.23. The molecular formula is C16H21NO4. The van der Waals surface area contributed by atoms with Gasteiger partial charge in [-0.3, -0.25) is 9.59 Å². The van der Waals surface area contributed by atoms with Gasteiger partial charge in [0.25, 0.3) is 5.91 Å². The molecule has 0 aliphatic carbocycles. The number of carbonyl (C=O) groups is 2. The maximum absolute atomic E-state index is 12.1. The van der Waals surface area contributed by atoms with Gasteiger partial charge in [-0.15, -0.1) is 0 Å². The van der Waals surface area contributed by atoms with Gasteiger partial charge in [-0.2, -0.15) is 0 Å². The van der Waals surface area contributed by atoms with Crippen LogP contribution in [0.1, 0.15) is 38.2 Å². The van der Waals surface area contributed by atoms with Crippen molar-refractivity contribution in [3.63, 3.8) is 0 Å². The molecule has 2 N–H and O–H groups in total. The Bertz CT molecular complexity index is 512. The number of carboxylic acid groups (broad SMARTS) is 1. The third-order valence-electron chi connectivity index (χ3n) is 3.87. The van der Waals surface area contributed by atoms with Gasteiger partial charge in [0, 0.05) is 12.3 Å². The predicted octanol–water partition coefficient (Wildman–Crippen LogP) is 2.63. The van der Waals surface area contributed by atoms with Gasteiger partial charge in [-0.25, -0.2) is 0 Å². The number of hydrogen-bond donors (Lipinski definition) is 2. The van der Waals surface area contributed by atoms with Gasteiger partial charge in [-0.05, 0) is 36.0 Å². The average molecular weight is 291 g/mol. The molecule has 0 radical (unpaired) electrons. The van der Waals surface area contributed by atoms with E-state index in [1.54, 1.807) is 12.1 Å². The van der Waals surface area contributed by atoms with Crippen LogP contribution in [0.15, 0.2) is 24.3 Å². The molecule has 114 valence electrons. The molecule has 1 aliphatic rings. The van der Waals surface area contributed by atoms with Crippen molar-refractivity contribution >= 4 is 17.6 Å². The van der Waals surface area contributed by atoms with Crippen LogP contribution in [0.3, 0.4) is 0 Å². The quantitative estimate of drug-likeness (QED) is 0.874. The summed E-state index contributed by atoms with van der Waals surface area (Å²) in [5.74, 6) is -0.746. The van der Waals surface area contributed by atoms with Crippen molar-refractivity contribution in [2.75, 3.05) is 11.9 Å². The summed E-state index contributed by atoms with van der Waals surface area (Å²) in [6.07, 6.45) is 0.624. The zero-order valence-corrected chi connectivity index (χ0v) is 12.3. The molecule has 0 bridgehead atoms. The monoisotopic (exact) mass is 291 g/mol. The maximum Gasteiger partial charge on any atom is 0.303 e. The molecule has 1 aromatic carbocycles. The van der Waals surface area contributed by atoms with E-state index in [9.17, 15) is 9.59 Å². The fraction of sp³-hybridized carbons (Fsp3) is 0.500. The Hall–Kier alpha value is -1.88. The summed E-state index contributed by atoms with van der Waals surface area (Å²) in [4.78, 5) is 22.8. The van der Waals surface area contributed by atoms with Gasteiger partial charge in [0.15, 0.2) is 0 Å². The van der Waals surface area contributed by atoms with Crippen LogP contribution in [-0.4, -0.2) is 29.7 Å². The second kappa shape index (κ2) is 6.72. The first-order valence-electron chi connectivity index (χ1n) is 7.21. The van der Waals surface area contributed by atoms with Crippen molar-refractivity contribution in [3.8, 4) is 0 Å². The first-order valence-corrected chi connectivity index (χ1v) is 7.21. The van der Waals surface area contributed by atoms with Crippen molar-refractivity contribution in [1.82, 2.24) is 0 Å². The van der Waals surface area contributed by atoms with Gasteiger partial charge >= 0.3 is 5.97 Å². The van der Waals surface area contributed by atoms with E-state index in [1.165, 1.54) is 0 Å². The van der Waals surface area contributed by atoms with Crippen LogP contribution in [0, 0.1) is 5.92 Å². The number of rotatable bonds is 5. The molecule has 0 saturated carbocycles. The fourth-order valence-electron chi connectivity index (χ4n) is 2.52. The van der Waals surface area contributed by atoms with Crippen molar-refractivity contribution in [1.29, 1.82) is 0 Å². The third kappa shape index (κ3) is 4.04. The van der Waals surface area contributed by atoms with Crippen LogP contribution in [0.5, 0.6) is 0 Å². The Labute approximate surface area is 124 Å². The zero-order chi connectivity index (χ0) is 15.4. The largest absolute Gasteiger partial charge is 0.481 e. The molecular weight excluding hydrogens is 270 g/mol. The molecule has 0 spiro atoms. The molecule has 1 saturated heterocycles. The molecule has 5 nitrogen and oxygen atoms in total.